The van der Waals surface area contributed by atoms with Crippen LogP contribution in [0.15, 0.2) is 53.5 Å². The van der Waals surface area contributed by atoms with Crippen molar-refractivity contribution in [3.8, 4) is 17.3 Å². The summed E-state index contributed by atoms with van der Waals surface area (Å²) in [7, 11) is 1.26. The molecule has 0 fully saturated rings. The minimum atomic E-state index is -0.669. The van der Waals surface area contributed by atoms with Gasteiger partial charge in [-0.1, -0.05) is 6.07 Å². The third kappa shape index (κ3) is 3.15. The number of hydrogen-bond donors (Lipinski definition) is 2. The molecule has 0 bridgehead atoms. The summed E-state index contributed by atoms with van der Waals surface area (Å²) in [6.07, 6.45) is 1.39. The number of carbonyl (C=O) groups excluding carboxylic acids is 3. The summed E-state index contributed by atoms with van der Waals surface area (Å²) >= 11 is 0. The smallest absolute Gasteiger partial charge is 0.338 e. The number of aromatic nitrogens is 2. The maximum Gasteiger partial charge on any atom is 0.338 e. The van der Waals surface area contributed by atoms with Gasteiger partial charge in [0.1, 0.15) is 11.6 Å². The van der Waals surface area contributed by atoms with E-state index in [1.807, 2.05) is 0 Å². The zero-order chi connectivity index (χ0) is 21.4. The molecule has 0 saturated heterocycles. The lowest BCUT2D eigenvalue weighted by atomic mass is 10.1. The first-order valence-corrected chi connectivity index (χ1v) is 8.63. The van der Waals surface area contributed by atoms with Crippen LogP contribution in [0.2, 0.25) is 0 Å². The van der Waals surface area contributed by atoms with Gasteiger partial charge in [-0.15, -0.1) is 0 Å². The molecular formula is C20H14N4O6. The van der Waals surface area contributed by atoms with E-state index in [0.717, 1.165) is 10.6 Å². The number of nitrogens with one attached hydrogen (secondary N) is 1. The fourth-order valence-corrected chi connectivity index (χ4v) is 3.06. The molecule has 1 aliphatic heterocycles. The van der Waals surface area contributed by atoms with E-state index in [1.54, 1.807) is 18.2 Å². The minimum Gasteiger partial charge on any atom is -0.465 e. The van der Waals surface area contributed by atoms with E-state index >= 15 is 0 Å². The number of imide groups is 1. The maximum atomic E-state index is 12.6. The highest BCUT2D eigenvalue weighted by Gasteiger charge is 2.31. The average Bonchev–Trinajstić information content (AvgIpc) is 3.01. The molecule has 10 nitrogen and oxygen atoms in total. The van der Waals surface area contributed by atoms with Crippen molar-refractivity contribution in [3.63, 3.8) is 0 Å². The third-order valence-corrected chi connectivity index (χ3v) is 4.41. The number of hydrogen-bond acceptors (Lipinski definition) is 8. The molecule has 3 aromatic rings. The summed E-state index contributed by atoms with van der Waals surface area (Å²) in [5, 5.41) is 2.11. The Kier molecular flexibility index (Phi) is 4.51. The average molecular weight is 406 g/mol. The van der Waals surface area contributed by atoms with Gasteiger partial charge in [0.15, 0.2) is 0 Å². The molecule has 0 radical (unpaired) electrons. The van der Waals surface area contributed by atoms with E-state index in [4.69, 9.17) is 10.5 Å². The van der Waals surface area contributed by atoms with E-state index in [9.17, 15) is 19.2 Å². The molecule has 0 aliphatic carbocycles. The first-order chi connectivity index (χ1) is 14.4. The number of fused-ring (bicyclic) bond motifs is 1. The normalized spacial score (nSPS) is 12.3. The lowest BCUT2D eigenvalue weighted by Gasteiger charge is -2.13. The zero-order valence-corrected chi connectivity index (χ0v) is 15.5. The van der Waals surface area contributed by atoms with Crippen LogP contribution in [0.3, 0.4) is 0 Å². The van der Waals surface area contributed by atoms with Crippen LogP contribution in [0.4, 0.5) is 5.82 Å². The van der Waals surface area contributed by atoms with Crippen molar-refractivity contribution in [3.05, 3.63) is 75.7 Å². The molecule has 2 aromatic heterocycles. The monoisotopic (exact) mass is 406 g/mol. The van der Waals surface area contributed by atoms with Crippen LogP contribution in [0.5, 0.6) is 11.6 Å². The Balaban J connectivity index is 1.73. The van der Waals surface area contributed by atoms with Crippen LogP contribution < -0.4 is 21.3 Å². The van der Waals surface area contributed by atoms with Crippen molar-refractivity contribution in [2.75, 3.05) is 12.8 Å². The number of amides is 2. The Bertz CT molecular complexity index is 1280. The molecule has 3 N–H and O–H groups in total. The van der Waals surface area contributed by atoms with Gasteiger partial charge in [-0.25, -0.2) is 9.78 Å². The maximum absolute atomic E-state index is 12.6. The summed E-state index contributed by atoms with van der Waals surface area (Å²) in [6, 6.07) is 10.3. The lowest BCUT2D eigenvalue weighted by molar-refractivity contribution is 0.0599. The van der Waals surface area contributed by atoms with Gasteiger partial charge >= 0.3 is 5.97 Å². The molecule has 10 heteroatoms. The van der Waals surface area contributed by atoms with Crippen molar-refractivity contribution in [1.82, 2.24) is 14.9 Å². The minimum absolute atomic E-state index is 0.0571. The molecule has 0 atom stereocenters. The number of nitrogen functional groups attached to an aromatic ring is 1. The second-order valence-corrected chi connectivity index (χ2v) is 6.25. The third-order valence-electron chi connectivity index (χ3n) is 4.41. The van der Waals surface area contributed by atoms with E-state index in [0.29, 0.717) is 11.4 Å². The van der Waals surface area contributed by atoms with Crippen molar-refractivity contribution in [1.29, 1.82) is 0 Å². The fraction of sp³-hybridized carbons (Fsp3) is 0.0500. The van der Waals surface area contributed by atoms with Crippen LogP contribution in [-0.4, -0.2) is 34.4 Å². The number of rotatable bonds is 4. The standard InChI is InChI=1S/C20H14N4O6/c1-29-20(28)10-5-6-22-14(7-10)30-12-4-2-3-11(8-12)24-15(25)9-13-16(17(24)21)19(27)23-18(13)26/h2-9H,21H2,1H3,(H,23,26,27). The summed E-state index contributed by atoms with van der Waals surface area (Å²) < 4.78 is 11.4. The number of benzene rings is 1. The second-order valence-electron chi connectivity index (χ2n) is 6.25. The van der Waals surface area contributed by atoms with Crippen LogP contribution in [-0.2, 0) is 4.74 Å². The summed E-state index contributed by atoms with van der Waals surface area (Å²) in [4.78, 5) is 52.1. The predicted molar refractivity (Wildman–Crippen MR) is 104 cm³/mol. The van der Waals surface area contributed by atoms with E-state index < -0.39 is 23.3 Å². The summed E-state index contributed by atoms with van der Waals surface area (Å²) in [5.41, 5.74) is 5.91. The number of nitrogens with zero attached hydrogens (tertiary/aromatic N) is 2. The van der Waals surface area contributed by atoms with E-state index in [2.05, 4.69) is 15.0 Å². The van der Waals surface area contributed by atoms with E-state index in [1.165, 1.54) is 31.5 Å². The Morgan fingerprint density at radius 2 is 1.90 bits per heavy atom. The second kappa shape index (κ2) is 7.17. The Morgan fingerprint density at radius 3 is 2.67 bits per heavy atom. The van der Waals surface area contributed by atoms with Crippen molar-refractivity contribution in [2.24, 2.45) is 0 Å². The first-order valence-electron chi connectivity index (χ1n) is 8.63. The van der Waals surface area contributed by atoms with Gasteiger partial charge in [0, 0.05) is 24.4 Å². The van der Waals surface area contributed by atoms with Crippen molar-refractivity contribution in [2.45, 2.75) is 0 Å². The molecule has 0 spiro atoms. The fourth-order valence-electron chi connectivity index (χ4n) is 3.06. The van der Waals surface area contributed by atoms with Gasteiger partial charge in [-0.05, 0) is 18.2 Å². The Hall–Kier alpha value is -4.47. The number of methoxy groups -OCH3 is 1. The highest BCUT2D eigenvalue weighted by Crippen LogP contribution is 2.26. The summed E-state index contributed by atoms with van der Waals surface area (Å²) in [5.74, 6) is -1.61. The quantitative estimate of drug-likeness (QED) is 0.487. The highest BCUT2D eigenvalue weighted by atomic mass is 16.5. The van der Waals surface area contributed by atoms with Crippen molar-refractivity contribution >= 4 is 23.6 Å². The molecular weight excluding hydrogens is 392 g/mol. The molecule has 1 aromatic carbocycles. The van der Waals surface area contributed by atoms with Gasteiger partial charge in [0.2, 0.25) is 5.88 Å². The van der Waals surface area contributed by atoms with Crippen LogP contribution in [0.1, 0.15) is 31.1 Å². The Morgan fingerprint density at radius 1 is 1.10 bits per heavy atom. The number of anilines is 1. The molecule has 1 aliphatic rings. The van der Waals surface area contributed by atoms with E-state index in [-0.39, 0.29) is 28.4 Å². The topological polar surface area (TPSA) is 143 Å². The lowest BCUT2D eigenvalue weighted by Crippen LogP contribution is -2.24. The predicted octanol–water partition coefficient (Wildman–Crippen LogP) is 1.28. The highest BCUT2D eigenvalue weighted by molar-refractivity contribution is 6.23. The first kappa shape index (κ1) is 18.9. The van der Waals surface area contributed by atoms with Crippen LogP contribution in [0, 0.1) is 0 Å². The molecule has 3 heterocycles. The number of ether oxygens (including phenoxy) is 2. The molecule has 30 heavy (non-hydrogen) atoms. The molecule has 150 valence electrons. The van der Waals surface area contributed by atoms with Gasteiger partial charge in [0.25, 0.3) is 17.4 Å². The molecule has 4 rings (SSSR count). The van der Waals surface area contributed by atoms with Crippen LogP contribution in [0.25, 0.3) is 5.69 Å². The van der Waals surface area contributed by atoms with Crippen molar-refractivity contribution < 1.29 is 23.9 Å². The van der Waals surface area contributed by atoms with Gasteiger partial charge < -0.3 is 15.2 Å². The van der Waals surface area contributed by atoms with Gasteiger partial charge in [-0.3, -0.25) is 24.3 Å². The number of pyridine rings is 2. The number of nitrogens with two attached hydrogens (primary N) is 1. The molecule has 2 amide bonds. The number of esters is 1. The zero-order valence-electron chi connectivity index (χ0n) is 15.5. The SMILES string of the molecule is COC(=O)c1ccnc(Oc2cccc(-n3c(N)c4c(cc3=O)C(=O)NC4=O)c2)c1. The largest absolute Gasteiger partial charge is 0.465 e. The number of carbonyl (C=O) groups is 3. The van der Waals surface area contributed by atoms with Crippen LogP contribution >= 0.6 is 0 Å². The van der Waals surface area contributed by atoms with Gasteiger partial charge in [0.05, 0.1) is 29.5 Å². The molecule has 0 saturated carbocycles. The molecule has 0 unspecified atom stereocenters. The Labute approximate surface area is 168 Å². The van der Waals surface area contributed by atoms with Gasteiger partial charge in [-0.2, -0.15) is 0 Å². The summed E-state index contributed by atoms with van der Waals surface area (Å²) in [6.45, 7) is 0.